The molecule has 4 nitrogen and oxygen atoms in total. The van der Waals surface area contributed by atoms with Gasteiger partial charge in [0.1, 0.15) is 0 Å². The molecule has 24 heavy (non-hydrogen) atoms. The number of alkyl halides is 2. The predicted molar refractivity (Wildman–Crippen MR) is 88.2 cm³/mol. The number of rotatable bonds is 3. The summed E-state index contributed by atoms with van der Waals surface area (Å²) >= 11 is 0. The summed E-state index contributed by atoms with van der Waals surface area (Å²) in [5, 5.41) is 1.38. The molecule has 2 aliphatic rings. The second kappa shape index (κ2) is 5.28. The Morgan fingerprint density at radius 2 is 2.00 bits per heavy atom. The van der Waals surface area contributed by atoms with Gasteiger partial charge in [0.2, 0.25) is 5.91 Å². The fourth-order valence-corrected chi connectivity index (χ4v) is 4.02. The van der Waals surface area contributed by atoms with Gasteiger partial charge in [0.15, 0.2) is 5.54 Å². The summed E-state index contributed by atoms with van der Waals surface area (Å²) in [6.07, 6.45) is -0.756. The molecule has 0 bridgehead atoms. The summed E-state index contributed by atoms with van der Waals surface area (Å²) < 4.78 is 28.6. The summed E-state index contributed by atoms with van der Waals surface area (Å²) in [6, 6.07) is 5.46. The number of benzene rings is 1. The van der Waals surface area contributed by atoms with E-state index in [1.165, 1.54) is 11.2 Å². The van der Waals surface area contributed by atoms with Crippen LogP contribution in [-0.4, -0.2) is 24.4 Å². The average molecular weight is 335 g/mol. The first-order chi connectivity index (χ1) is 11.1. The van der Waals surface area contributed by atoms with Gasteiger partial charge in [0.25, 0.3) is 6.43 Å². The zero-order valence-electron chi connectivity index (χ0n) is 14.4. The molecule has 1 aliphatic heterocycles. The lowest BCUT2D eigenvalue weighted by Crippen LogP contribution is -2.52. The van der Waals surface area contributed by atoms with E-state index < -0.39 is 17.9 Å². The third-order valence-electron chi connectivity index (χ3n) is 5.73. The van der Waals surface area contributed by atoms with Gasteiger partial charge in [-0.15, -0.1) is 0 Å². The molecule has 1 aliphatic carbocycles. The van der Waals surface area contributed by atoms with Crippen LogP contribution in [0.2, 0.25) is 0 Å². The summed E-state index contributed by atoms with van der Waals surface area (Å²) in [5.41, 5.74) is 8.50. The van der Waals surface area contributed by atoms with E-state index in [9.17, 15) is 13.6 Å². The number of hydrogen-bond acceptors (Lipinski definition) is 3. The fraction of sp³-hybridized carbons (Fsp3) is 0.500. The number of hydrogen-bond donors (Lipinski definition) is 2. The summed E-state index contributed by atoms with van der Waals surface area (Å²) in [6.45, 7) is 6.38. The molecule has 2 atom stereocenters. The maximum atomic E-state index is 14.3. The quantitative estimate of drug-likeness (QED) is 0.892. The van der Waals surface area contributed by atoms with Crippen LogP contribution < -0.4 is 11.2 Å². The number of carbonyl (C=O) groups excluding carboxylic acids is 1. The van der Waals surface area contributed by atoms with Gasteiger partial charge in [-0.2, -0.15) is 0 Å². The number of nitrogens with zero attached hydrogens (tertiary/aromatic N) is 1. The number of primary amides is 1. The first-order valence-electron chi connectivity index (χ1n) is 8.06. The molecule has 0 radical (unpaired) electrons. The molecule has 3 N–H and O–H groups in total. The molecule has 0 fully saturated rings. The van der Waals surface area contributed by atoms with Crippen LogP contribution in [0.4, 0.5) is 8.78 Å². The van der Waals surface area contributed by atoms with Gasteiger partial charge in [-0.3, -0.25) is 4.79 Å². The molecule has 6 heteroatoms. The third-order valence-corrected chi connectivity index (χ3v) is 5.73. The number of nitrogens with two attached hydrogens (primary N) is 1. The molecule has 130 valence electrons. The second-order valence-electron chi connectivity index (χ2n) is 7.40. The Morgan fingerprint density at radius 1 is 1.38 bits per heavy atom. The van der Waals surface area contributed by atoms with Crippen LogP contribution in [0, 0.1) is 5.92 Å². The van der Waals surface area contributed by atoms with E-state index >= 15 is 0 Å². The summed E-state index contributed by atoms with van der Waals surface area (Å²) in [4.78, 5) is 11.9. The van der Waals surface area contributed by atoms with E-state index in [0.29, 0.717) is 17.9 Å². The molecule has 0 saturated heterocycles. The third kappa shape index (κ3) is 2.09. The van der Waals surface area contributed by atoms with E-state index in [1.54, 1.807) is 19.2 Å². The monoisotopic (exact) mass is 335 g/mol. The number of amides is 1. The van der Waals surface area contributed by atoms with Crippen molar-refractivity contribution in [1.29, 1.82) is 0 Å². The van der Waals surface area contributed by atoms with Gasteiger partial charge >= 0.3 is 0 Å². The number of carbonyl (C=O) groups is 1. The first kappa shape index (κ1) is 16.9. The van der Waals surface area contributed by atoms with Crippen LogP contribution in [0.1, 0.15) is 37.5 Å². The van der Waals surface area contributed by atoms with Crippen LogP contribution in [0.25, 0.3) is 0 Å². The van der Waals surface area contributed by atoms with Crippen molar-refractivity contribution in [3.05, 3.63) is 46.7 Å². The van der Waals surface area contributed by atoms with Crippen molar-refractivity contribution in [2.45, 2.75) is 44.6 Å². The number of nitrogens with one attached hydrogen (secondary N) is 1. The molecule has 3 rings (SSSR count). The summed E-state index contributed by atoms with van der Waals surface area (Å²) in [5.74, 6) is -0.515. The highest BCUT2D eigenvalue weighted by Gasteiger charge is 2.54. The van der Waals surface area contributed by atoms with Crippen molar-refractivity contribution in [2.75, 3.05) is 7.05 Å². The molecular formula is C18H23F2N3O. The second-order valence-corrected chi connectivity index (χ2v) is 7.40. The van der Waals surface area contributed by atoms with Gasteiger partial charge in [0.05, 0.1) is 5.57 Å². The molecule has 1 amide bonds. The predicted octanol–water partition coefficient (Wildman–Crippen LogP) is 2.44. The Balaban J connectivity index is 2.27. The molecule has 2 unspecified atom stereocenters. The minimum Gasteiger partial charge on any atom is -0.366 e. The number of hydrazine groups is 1. The molecule has 1 aromatic carbocycles. The van der Waals surface area contributed by atoms with Gasteiger partial charge in [-0.1, -0.05) is 39.0 Å². The van der Waals surface area contributed by atoms with Gasteiger partial charge < -0.3 is 10.7 Å². The molecular weight excluding hydrogens is 312 g/mol. The maximum absolute atomic E-state index is 14.3. The first-order valence-corrected chi connectivity index (χ1v) is 8.06. The Bertz CT molecular complexity index is 729. The molecule has 0 aromatic heterocycles. The Morgan fingerprint density at radius 3 is 2.58 bits per heavy atom. The highest BCUT2D eigenvalue weighted by atomic mass is 19.3. The van der Waals surface area contributed by atoms with Crippen LogP contribution in [0.5, 0.6) is 0 Å². The SMILES string of the molecule is CC1Cc2c(cccc2C2(C(F)F)NN(C)C=C2C(N)=O)C1(C)C. The molecule has 0 saturated carbocycles. The zero-order valence-corrected chi connectivity index (χ0v) is 14.4. The normalized spacial score (nSPS) is 28.2. The van der Waals surface area contributed by atoms with Crippen LogP contribution in [-0.2, 0) is 22.2 Å². The van der Waals surface area contributed by atoms with Gasteiger partial charge in [-0.05, 0) is 34.4 Å². The van der Waals surface area contributed by atoms with Gasteiger partial charge in [0, 0.05) is 13.2 Å². The largest absolute Gasteiger partial charge is 0.366 e. The topological polar surface area (TPSA) is 58.4 Å². The van der Waals surface area contributed by atoms with E-state index in [2.05, 4.69) is 26.2 Å². The molecule has 0 spiro atoms. The average Bonchev–Trinajstić information content (AvgIpc) is 2.96. The summed E-state index contributed by atoms with van der Waals surface area (Å²) in [7, 11) is 1.59. The minimum atomic E-state index is -2.81. The van der Waals surface area contributed by atoms with E-state index in [1.807, 2.05) is 6.07 Å². The fourth-order valence-electron chi connectivity index (χ4n) is 4.02. The number of fused-ring (bicyclic) bond motifs is 1. The van der Waals surface area contributed by atoms with Crippen molar-refractivity contribution >= 4 is 5.91 Å². The van der Waals surface area contributed by atoms with E-state index in [-0.39, 0.29) is 11.0 Å². The standard InChI is InChI=1S/C18H23F2N3O/c1-10-8-11-12(17(10,2)3)6-5-7-13(11)18(16(19)20)14(15(21)24)9-23(4)22-18/h5-7,9-10,16,22H,8H2,1-4H3,(H2,21,24). The number of halogens is 2. The lowest BCUT2D eigenvalue weighted by molar-refractivity contribution is -0.116. The maximum Gasteiger partial charge on any atom is 0.266 e. The van der Waals surface area contributed by atoms with Crippen molar-refractivity contribution < 1.29 is 13.6 Å². The Labute approximate surface area is 140 Å². The van der Waals surface area contributed by atoms with E-state index in [4.69, 9.17) is 5.73 Å². The highest BCUT2D eigenvalue weighted by Crippen LogP contribution is 2.49. The lowest BCUT2D eigenvalue weighted by atomic mass is 9.77. The van der Waals surface area contributed by atoms with Crippen LogP contribution in [0.3, 0.4) is 0 Å². The lowest BCUT2D eigenvalue weighted by Gasteiger charge is -2.34. The van der Waals surface area contributed by atoms with E-state index in [0.717, 1.165) is 11.1 Å². The van der Waals surface area contributed by atoms with Gasteiger partial charge in [-0.25, -0.2) is 14.2 Å². The molecule has 1 heterocycles. The Hall–Kier alpha value is -1.95. The van der Waals surface area contributed by atoms with Crippen molar-refractivity contribution in [3.63, 3.8) is 0 Å². The molecule has 1 aromatic rings. The zero-order chi connectivity index (χ0) is 17.9. The highest BCUT2D eigenvalue weighted by molar-refractivity contribution is 5.95. The Kier molecular flexibility index (Phi) is 3.71. The van der Waals surface area contributed by atoms with Crippen molar-refractivity contribution in [2.24, 2.45) is 11.7 Å². The van der Waals surface area contributed by atoms with Crippen LogP contribution in [0.15, 0.2) is 30.0 Å². The van der Waals surface area contributed by atoms with Crippen LogP contribution >= 0.6 is 0 Å². The minimum absolute atomic E-state index is 0.101. The van der Waals surface area contributed by atoms with Crippen molar-refractivity contribution in [3.8, 4) is 0 Å². The van der Waals surface area contributed by atoms with Crippen molar-refractivity contribution in [1.82, 2.24) is 10.4 Å². The smallest absolute Gasteiger partial charge is 0.266 e.